The number of rotatable bonds is 4. The molecule has 0 saturated heterocycles. The molecule has 0 amide bonds. The maximum Gasteiger partial charge on any atom is 0.138 e. The topological polar surface area (TPSA) is 56.7 Å². The normalized spacial score (nSPS) is 12.6. The molecule has 2 N–H and O–H groups in total. The van der Waals surface area contributed by atoms with Gasteiger partial charge in [0, 0.05) is 19.0 Å². The molecule has 1 aromatic heterocycles. The van der Waals surface area contributed by atoms with Crippen molar-refractivity contribution in [3.05, 3.63) is 47.5 Å². The number of aromatic nitrogens is 3. The van der Waals surface area contributed by atoms with Gasteiger partial charge in [0.1, 0.15) is 12.2 Å². The minimum Gasteiger partial charge on any atom is -0.324 e. The lowest BCUT2D eigenvalue weighted by molar-refractivity contribution is 0.581. The molecule has 90 valence electrons. The fourth-order valence-corrected chi connectivity index (χ4v) is 1.93. The highest BCUT2D eigenvalue weighted by Gasteiger charge is 2.11. The molecule has 2 aromatic rings. The summed E-state index contributed by atoms with van der Waals surface area (Å²) < 4.78 is 1.88. The van der Waals surface area contributed by atoms with Gasteiger partial charge in [-0.15, -0.1) is 0 Å². The summed E-state index contributed by atoms with van der Waals surface area (Å²) in [6.45, 7) is 4.96. The van der Waals surface area contributed by atoms with Crippen LogP contribution in [0.5, 0.6) is 0 Å². The molecule has 0 spiro atoms. The molecule has 0 radical (unpaired) electrons. The van der Waals surface area contributed by atoms with Gasteiger partial charge in [0.05, 0.1) is 0 Å². The van der Waals surface area contributed by atoms with Crippen LogP contribution in [0, 0.1) is 6.92 Å². The van der Waals surface area contributed by atoms with Crippen molar-refractivity contribution in [3.8, 4) is 0 Å². The summed E-state index contributed by atoms with van der Waals surface area (Å²) in [7, 11) is 0. The van der Waals surface area contributed by atoms with E-state index in [4.69, 9.17) is 5.73 Å². The van der Waals surface area contributed by atoms with Gasteiger partial charge in [-0.1, -0.05) is 29.8 Å². The largest absolute Gasteiger partial charge is 0.324 e. The van der Waals surface area contributed by atoms with Gasteiger partial charge in [-0.25, -0.2) is 4.98 Å². The SMILES string of the molecule is CCn1ncnc1CC(N)c1cccc(C)c1. The predicted octanol–water partition coefficient (Wildman–Crippen LogP) is 1.85. The Labute approximate surface area is 101 Å². The zero-order valence-corrected chi connectivity index (χ0v) is 10.3. The van der Waals surface area contributed by atoms with Crippen molar-refractivity contribution >= 4 is 0 Å². The summed E-state index contributed by atoms with van der Waals surface area (Å²) in [4.78, 5) is 4.25. The standard InChI is InChI=1S/C13H18N4/c1-3-17-13(15-9-16-17)8-12(14)11-6-4-5-10(2)7-11/h4-7,9,12H,3,8,14H2,1-2H3. The van der Waals surface area contributed by atoms with E-state index in [0.29, 0.717) is 0 Å². The molecular formula is C13H18N4. The van der Waals surface area contributed by atoms with Crippen LogP contribution in [-0.4, -0.2) is 14.8 Å². The number of nitrogens with zero attached hydrogens (tertiary/aromatic N) is 3. The summed E-state index contributed by atoms with van der Waals surface area (Å²) in [6.07, 6.45) is 2.30. The van der Waals surface area contributed by atoms with Gasteiger partial charge in [-0.05, 0) is 19.4 Å². The average Bonchev–Trinajstić information content (AvgIpc) is 2.76. The molecule has 17 heavy (non-hydrogen) atoms. The first-order chi connectivity index (χ1) is 8.20. The Bertz CT molecular complexity index is 490. The Morgan fingerprint density at radius 2 is 2.24 bits per heavy atom. The average molecular weight is 230 g/mol. The third-order valence-electron chi connectivity index (χ3n) is 2.87. The highest BCUT2D eigenvalue weighted by Crippen LogP contribution is 2.15. The van der Waals surface area contributed by atoms with Gasteiger partial charge in [0.25, 0.3) is 0 Å². The van der Waals surface area contributed by atoms with Gasteiger partial charge in [-0.2, -0.15) is 5.10 Å². The quantitative estimate of drug-likeness (QED) is 0.872. The number of hydrogen-bond acceptors (Lipinski definition) is 3. The zero-order chi connectivity index (χ0) is 12.3. The molecular weight excluding hydrogens is 212 g/mol. The van der Waals surface area contributed by atoms with Crippen LogP contribution in [0.25, 0.3) is 0 Å². The Kier molecular flexibility index (Phi) is 3.54. The van der Waals surface area contributed by atoms with Crippen molar-refractivity contribution in [1.29, 1.82) is 0 Å². The Hall–Kier alpha value is -1.68. The molecule has 0 aliphatic heterocycles. The van der Waals surface area contributed by atoms with Gasteiger partial charge < -0.3 is 5.73 Å². The summed E-state index contributed by atoms with van der Waals surface area (Å²) in [6, 6.07) is 8.27. The van der Waals surface area contributed by atoms with Crippen LogP contribution >= 0.6 is 0 Å². The summed E-state index contributed by atoms with van der Waals surface area (Å²) >= 11 is 0. The van der Waals surface area contributed by atoms with E-state index in [-0.39, 0.29) is 6.04 Å². The molecule has 4 nitrogen and oxygen atoms in total. The first-order valence-electron chi connectivity index (χ1n) is 5.89. The third kappa shape index (κ3) is 2.71. The van der Waals surface area contributed by atoms with Gasteiger partial charge in [-0.3, -0.25) is 4.68 Å². The van der Waals surface area contributed by atoms with Crippen LogP contribution in [0.15, 0.2) is 30.6 Å². The summed E-state index contributed by atoms with van der Waals surface area (Å²) in [5, 5.41) is 4.15. The summed E-state index contributed by atoms with van der Waals surface area (Å²) in [5.74, 6) is 0.946. The summed E-state index contributed by atoms with van der Waals surface area (Å²) in [5.41, 5.74) is 8.58. The Balaban J connectivity index is 2.14. The van der Waals surface area contributed by atoms with Crippen LogP contribution in [0.1, 0.15) is 29.9 Å². The van der Waals surface area contributed by atoms with Crippen molar-refractivity contribution in [2.45, 2.75) is 32.9 Å². The molecule has 0 aliphatic rings. The maximum absolute atomic E-state index is 6.20. The van der Waals surface area contributed by atoms with Crippen LogP contribution in [0.2, 0.25) is 0 Å². The first-order valence-corrected chi connectivity index (χ1v) is 5.89. The number of hydrogen-bond donors (Lipinski definition) is 1. The van der Waals surface area contributed by atoms with E-state index < -0.39 is 0 Å². The molecule has 0 fully saturated rings. The lowest BCUT2D eigenvalue weighted by Gasteiger charge is -2.12. The van der Waals surface area contributed by atoms with Crippen molar-refractivity contribution in [2.24, 2.45) is 5.73 Å². The van der Waals surface area contributed by atoms with E-state index in [2.05, 4.69) is 42.1 Å². The molecule has 1 aromatic carbocycles. The van der Waals surface area contributed by atoms with E-state index >= 15 is 0 Å². The Morgan fingerprint density at radius 1 is 1.41 bits per heavy atom. The monoisotopic (exact) mass is 230 g/mol. The predicted molar refractivity (Wildman–Crippen MR) is 67.5 cm³/mol. The van der Waals surface area contributed by atoms with E-state index in [0.717, 1.165) is 24.4 Å². The maximum atomic E-state index is 6.20. The molecule has 1 heterocycles. The van der Waals surface area contributed by atoms with Crippen molar-refractivity contribution in [1.82, 2.24) is 14.8 Å². The third-order valence-corrected chi connectivity index (χ3v) is 2.87. The fourth-order valence-electron chi connectivity index (χ4n) is 1.93. The van der Waals surface area contributed by atoms with E-state index in [1.54, 1.807) is 6.33 Å². The van der Waals surface area contributed by atoms with Crippen LogP contribution in [0.4, 0.5) is 0 Å². The first kappa shape index (κ1) is 11.8. The highest BCUT2D eigenvalue weighted by atomic mass is 15.3. The van der Waals surface area contributed by atoms with Gasteiger partial charge in [0.2, 0.25) is 0 Å². The second kappa shape index (κ2) is 5.10. The number of nitrogens with two attached hydrogens (primary N) is 1. The van der Waals surface area contributed by atoms with Crippen LogP contribution in [0.3, 0.4) is 0 Å². The number of benzene rings is 1. The van der Waals surface area contributed by atoms with E-state index in [1.165, 1.54) is 5.56 Å². The molecule has 2 rings (SSSR count). The molecule has 1 atom stereocenters. The van der Waals surface area contributed by atoms with Crippen LogP contribution in [-0.2, 0) is 13.0 Å². The molecule has 0 saturated carbocycles. The van der Waals surface area contributed by atoms with Gasteiger partial charge in [0.15, 0.2) is 0 Å². The molecule has 0 bridgehead atoms. The molecule has 1 unspecified atom stereocenters. The second-order valence-corrected chi connectivity index (χ2v) is 4.22. The lowest BCUT2D eigenvalue weighted by atomic mass is 10.0. The highest BCUT2D eigenvalue weighted by molar-refractivity contribution is 5.25. The minimum absolute atomic E-state index is 0.0237. The molecule has 4 heteroatoms. The lowest BCUT2D eigenvalue weighted by Crippen LogP contribution is -2.17. The Morgan fingerprint density at radius 3 is 2.94 bits per heavy atom. The molecule has 0 aliphatic carbocycles. The van der Waals surface area contributed by atoms with E-state index in [9.17, 15) is 0 Å². The zero-order valence-electron chi connectivity index (χ0n) is 10.3. The van der Waals surface area contributed by atoms with Crippen LogP contribution < -0.4 is 5.73 Å². The van der Waals surface area contributed by atoms with Crippen molar-refractivity contribution in [2.75, 3.05) is 0 Å². The van der Waals surface area contributed by atoms with E-state index in [1.807, 2.05) is 10.7 Å². The smallest absolute Gasteiger partial charge is 0.138 e. The fraction of sp³-hybridized carbons (Fsp3) is 0.385. The minimum atomic E-state index is -0.0237. The number of aryl methyl sites for hydroxylation is 2. The second-order valence-electron chi connectivity index (χ2n) is 4.22. The van der Waals surface area contributed by atoms with Crippen molar-refractivity contribution in [3.63, 3.8) is 0 Å². The van der Waals surface area contributed by atoms with Crippen molar-refractivity contribution < 1.29 is 0 Å². The van der Waals surface area contributed by atoms with Gasteiger partial charge >= 0.3 is 0 Å².